The van der Waals surface area contributed by atoms with Gasteiger partial charge >= 0.3 is 0 Å². The average molecular weight is 496 g/mol. The molecule has 3 aromatic rings. The first-order valence-corrected chi connectivity index (χ1v) is 11.3. The van der Waals surface area contributed by atoms with Crippen molar-refractivity contribution < 1.29 is 9.59 Å². The van der Waals surface area contributed by atoms with Gasteiger partial charge in [-0.2, -0.15) is 0 Å². The summed E-state index contributed by atoms with van der Waals surface area (Å²) in [5, 5.41) is 3.76. The second-order valence-corrected chi connectivity index (χ2v) is 8.79. The molecule has 4 rings (SSSR count). The van der Waals surface area contributed by atoms with Crippen LogP contribution >= 0.6 is 23.2 Å². The number of benzodiazepines with no additional fused rings is 1. The van der Waals surface area contributed by atoms with E-state index in [4.69, 9.17) is 34.7 Å². The lowest BCUT2D eigenvalue weighted by Gasteiger charge is -2.21. The Kier molecular flexibility index (Phi) is 6.77. The van der Waals surface area contributed by atoms with Crippen molar-refractivity contribution in [1.82, 2.24) is 5.32 Å². The normalized spacial score (nSPS) is 15.4. The topological polar surface area (TPSA) is 114 Å². The molecule has 9 heteroatoms. The molecule has 1 atom stereocenters. The van der Waals surface area contributed by atoms with Gasteiger partial charge in [0.1, 0.15) is 0 Å². The minimum absolute atomic E-state index is 0.118. The quantitative estimate of drug-likeness (QED) is 0.463. The van der Waals surface area contributed by atoms with E-state index in [9.17, 15) is 9.59 Å². The van der Waals surface area contributed by atoms with Crippen LogP contribution in [-0.2, 0) is 16.0 Å². The second kappa shape index (κ2) is 9.75. The summed E-state index contributed by atoms with van der Waals surface area (Å²) in [6, 6.07) is 17.6. The number of hydrogen-bond acceptors (Lipinski definition) is 5. The number of nitrogen functional groups attached to an aromatic ring is 2. The summed E-state index contributed by atoms with van der Waals surface area (Å²) in [6.45, 7) is 0. The number of hydrogen-bond donors (Lipinski definition) is 3. The minimum Gasteiger partial charge on any atom is -0.399 e. The molecule has 1 aliphatic heterocycles. The molecule has 174 valence electrons. The largest absolute Gasteiger partial charge is 0.399 e. The number of halogens is 2. The molecule has 3 aromatic carbocycles. The minimum atomic E-state index is -1.14. The lowest BCUT2D eigenvalue weighted by Crippen LogP contribution is -2.46. The number of anilines is 3. The number of likely N-dealkylation sites (N-methyl/N-ethyl adjacent to an activating group) is 1. The molecule has 0 radical (unpaired) electrons. The molecule has 0 aromatic heterocycles. The Morgan fingerprint density at radius 1 is 1.06 bits per heavy atom. The van der Waals surface area contributed by atoms with Crippen LogP contribution in [0.1, 0.15) is 23.1 Å². The summed E-state index contributed by atoms with van der Waals surface area (Å²) in [4.78, 5) is 32.2. The number of carbonyl (C=O) groups excluding carboxylic acids is 2. The third kappa shape index (κ3) is 4.85. The van der Waals surface area contributed by atoms with Crippen molar-refractivity contribution in [3.63, 3.8) is 0 Å². The van der Waals surface area contributed by atoms with Crippen LogP contribution in [0.25, 0.3) is 0 Å². The van der Waals surface area contributed by atoms with E-state index in [2.05, 4.69) is 10.3 Å². The number of benzene rings is 3. The van der Waals surface area contributed by atoms with Gasteiger partial charge in [-0.05, 0) is 48.4 Å². The Labute approximate surface area is 207 Å². The second-order valence-electron chi connectivity index (χ2n) is 7.94. The molecule has 7 nitrogen and oxygen atoms in total. The third-order valence-corrected chi connectivity index (χ3v) is 6.20. The Balaban J connectivity index is 1.66. The monoisotopic (exact) mass is 495 g/mol. The molecular weight excluding hydrogens is 473 g/mol. The Bertz CT molecular complexity index is 1310. The van der Waals surface area contributed by atoms with E-state index in [1.165, 1.54) is 4.90 Å². The lowest BCUT2D eigenvalue weighted by atomic mass is 9.98. The van der Waals surface area contributed by atoms with Gasteiger partial charge in [-0.1, -0.05) is 47.5 Å². The van der Waals surface area contributed by atoms with E-state index in [0.29, 0.717) is 50.4 Å². The standard InChI is InChI=1S/C25H23Cl2N5O2/c1-32-21-10-9-16(28)13-18(21)23(17-4-2-3-5-20(17)29)31-24(25(32)34)30-22(33)11-7-14-6-8-15(26)12-19(14)27/h2-6,8-10,12-13,24H,7,11,28-29H2,1H3,(H,30,33). The summed E-state index contributed by atoms with van der Waals surface area (Å²) in [5.41, 5.74) is 16.5. The van der Waals surface area contributed by atoms with Crippen molar-refractivity contribution in [3.05, 3.63) is 87.4 Å². The van der Waals surface area contributed by atoms with E-state index in [0.717, 1.165) is 5.56 Å². The van der Waals surface area contributed by atoms with Crippen molar-refractivity contribution in [2.75, 3.05) is 23.4 Å². The van der Waals surface area contributed by atoms with Gasteiger partial charge in [0, 0.05) is 46.0 Å². The van der Waals surface area contributed by atoms with Gasteiger partial charge in [0.25, 0.3) is 5.91 Å². The zero-order valence-electron chi connectivity index (χ0n) is 18.4. The molecule has 0 saturated carbocycles. The van der Waals surface area contributed by atoms with Gasteiger partial charge in [0.2, 0.25) is 12.1 Å². The zero-order chi connectivity index (χ0) is 24.4. The number of rotatable bonds is 5. The van der Waals surface area contributed by atoms with Crippen molar-refractivity contribution in [3.8, 4) is 0 Å². The van der Waals surface area contributed by atoms with Gasteiger partial charge in [-0.15, -0.1) is 0 Å². The van der Waals surface area contributed by atoms with E-state index in [1.807, 2.05) is 18.2 Å². The number of nitrogens with zero attached hydrogens (tertiary/aromatic N) is 2. The van der Waals surface area contributed by atoms with Crippen LogP contribution in [0.3, 0.4) is 0 Å². The number of carbonyl (C=O) groups is 2. The van der Waals surface area contributed by atoms with Crippen LogP contribution in [0.4, 0.5) is 17.1 Å². The highest BCUT2D eigenvalue weighted by molar-refractivity contribution is 6.35. The SMILES string of the molecule is CN1C(=O)C(NC(=O)CCc2ccc(Cl)cc2Cl)N=C(c2ccccc2N)c2cc(N)ccc21. The molecule has 0 saturated heterocycles. The predicted molar refractivity (Wildman–Crippen MR) is 137 cm³/mol. The first kappa shape index (κ1) is 23.6. The molecule has 34 heavy (non-hydrogen) atoms. The number of nitrogens with two attached hydrogens (primary N) is 2. The molecule has 1 heterocycles. The molecule has 0 spiro atoms. The van der Waals surface area contributed by atoms with E-state index in [1.54, 1.807) is 49.5 Å². The number of aliphatic imine (C=N–C) groups is 1. The molecule has 0 bridgehead atoms. The van der Waals surface area contributed by atoms with Crippen molar-refractivity contribution in [2.24, 2.45) is 4.99 Å². The van der Waals surface area contributed by atoms with Gasteiger partial charge in [0.15, 0.2) is 0 Å². The van der Waals surface area contributed by atoms with Crippen LogP contribution in [0.5, 0.6) is 0 Å². The smallest absolute Gasteiger partial charge is 0.272 e. The summed E-state index contributed by atoms with van der Waals surface area (Å²) in [5.74, 6) is -0.722. The maximum Gasteiger partial charge on any atom is 0.272 e. The fourth-order valence-electron chi connectivity index (χ4n) is 3.81. The number of amides is 2. The number of fused-ring (bicyclic) bond motifs is 1. The average Bonchev–Trinajstić information content (AvgIpc) is 2.89. The number of aryl methyl sites for hydroxylation is 1. The zero-order valence-corrected chi connectivity index (χ0v) is 19.9. The molecule has 2 amide bonds. The number of para-hydroxylation sites is 1. The van der Waals surface area contributed by atoms with Gasteiger partial charge in [0.05, 0.1) is 11.4 Å². The third-order valence-electron chi connectivity index (χ3n) is 5.61. The molecule has 0 aliphatic carbocycles. The summed E-state index contributed by atoms with van der Waals surface area (Å²) < 4.78 is 0. The molecule has 5 N–H and O–H groups in total. The van der Waals surface area contributed by atoms with E-state index in [-0.39, 0.29) is 18.2 Å². The van der Waals surface area contributed by atoms with Crippen molar-refractivity contribution >= 4 is 57.8 Å². The van der Waals surface area contributed by atoms with E-state index >= 15 is 0 Å². The number of nitrogens with one attached hydrogen (secondary N) is 1. The van der Waals surface area contributed by atoms with Crippen LogP contribution in [-0.4, -0.2) is 30.7 Å². The Morgan fingerprint density at radius 2 is 1.82 bits per heavy atom. The maximum absolute atomic E-state index is 13.3. The van der Waals surface area contributed by atoms with Crippen molar-refractivity contribution in [1.29, 1.82) is 0 Å². The summed E-state index contributed by atoms with van der Waals surface area (Å²) in [7, 11) is 1.64. The molecule has 0 fully saturated rings. The fourth-order valence-corrected chi connectivity index (χ4v) is 4.31. The first-order valence-electron chi connectivity index (χ1n) is 10.6. The van der Waals surface area contributed by atoms with E-state index < -0.39 is 6.17 Å². The highest BCUT2D eigenvalue weighted by Crippen LogP contribution is 2.30. The van der Waals surface area contributed by atoms with Crippen molar-refractivity contribution in [2.45, 2.75) is 19.0 Å². The summed E-state index contributed by atoms with van der Waals surface area (Å²) >= 11 is 12.2. The predicted octanol–water partition coefficient (Wildman–Crippen LogP) is 4.05. The lowest BCUT2D eigenvalue weighted by molar-refractivity contribution is -0.127. The van der Waals surface area contributed by atoms with Crippen LogP contribution in [0.15, 0.2) is 65.7 Å². The van der Waals surface area contributed by atoms with Gasteiger partial charge in [-0.25, -0.2) is 4.99 Å². The van der Waals surface area contributed by atoms with Gasteiger partial charge < -0.3 is 21.7 Å². The maximum atomic E-state index is 13.3. The molecule has 1 unspecified atom stereocenters. The molecular formula is C25H23Cl2N5O2. The Hall–Kier alpha value is -3.55. The highest BCUT2D eigenvalue weighted by atomic mass is 35.5. The highest BCUT2D eigenvalue weighted by Gasteiger charge is 2.31. The fraction of sp³-hybridized carbons (Fsp3) is 0.160. The summed E-state index contributed by atoms with van der Waals surface area (Å²) in [6.07, 6.45) is -0.633. The molecule has 1 aliphatic rings. The first-order chi connectivity index (χ1) is 16.2. The van der Waals surface area contributed by atoms with Crippen LogP contribution < -0.4 is 21.7 Å². The Morgan fingerprint density at radius 3 is 2.56 bits per heavy atom. The van der Waals surface area contributed by atoms with Crippen LogP contribution in [0.2, 0.25) is 10.0 Å². The van der Waals surface area contributed by atoms with Crippen LogP contribution in [0, 0.1) is 0 Å². The van der Waals surface area contributed by atoms with Gasteiger partial charge in [-0.3, -0.25) is 9.59 Å².